The van der Waals surface area contributed by atoms with Crippen LogP contribution in [0.5, 0.6) is 0 Å². The van der Waals surface area contributed by atoms with Gasteiger partial charge in [-0.1, -0.05) is 25.7 Å². The molecule has 1 aromatic heterocycles. The molecule has 1 heterocycles. The van der Waals surface area contributed by atoms with Crippen LogP contribution in [-0.4, -0.2) is 33.4 Å². The van der Waals surface area contributed by atoms with Gasteiger partial charge in [0.15, 0.2) is 5.69 Å². The maximum atomic E-state index is 12.2. The zero-order chi connectivity index (χ0) is 14.9. The number of nitrogen functional groups attached to an aromatic ring is 1. The maximum Gasteiger partial charge on any atom is 0.274 e. The predicted molar refractivity (Wildman–Crippen MR) is 80.0 cm³/mol. The number of nitrogens with two attached hydrogens (primary N) is 1. The van der Waals surface area contributed by atoms with Gasteiger partial charge in [-0.05, 0) is 25.7 Å². The molecular weight excluding hydrogens is 268 g/mol. The summed E-state index contributed by atoms with van der Waals surface area (Å²) in [6.07, 6.45) is 8.06. The van der Waals surface area contributed by atoms with Crippen molar-refractivity contribution < 1.29 is 9.90 Å². The van der Waals surface area contributed by atoms with Gasteiger partial charge in [-0.15, -0.1) is 0 Å². The van der Waals surface area contributed by atoms with E-state index in [2.05, 4.69) is 15.5 Å². The summed E-state index contributed by atoms with van der Waals surface area (Å²) in [5, 5.41) is 20.3. The van der Waals surface area contributed by atoms with Crippen LogP contribution in [0, 0.1) is 0 Å². The molecule has 1 amide bonds. The molecule has 6 nitrogen and oxygen atoms in total. The average Bonchev–Trinajstić information content (AvgIpc) is 3.25. The Morgan fingerprint density at radius 1 is 1.33 bits per heavy atom. The molecule has 1 aromatic rings. The van der Waals surface area contributed by atoms with Crippen LogP contribution in [0.3, 0.4) is 0 Å². The van der Waals surface area contributed by atoms with Crippen molar-refractivity contribution in [3.63, 3.8) is 0 Å². The molecule has 21 heavy (non-hydrogen) atoms. The van der Waals surface area contributed by atoms with Crippen molar-refractivity contribution in [2.75, 3.05) is 12.3 Å². The summed E-state index contributed by atoms with van der Waals surface area (Å²) in [6, 6.07) is 0. The van der Waals surface area contributed by atoms with Crippen LogP contribution in [-0.2, 0) is 0 Å². The quantitative estimate of drug-likeness (QED) is 0.634. The smallest absolute Gasteiger partial charge is 0.274 e. The molecular formula is C15H24N4O2. The molecule has 5 N–H and O–H groups in total. The summed E-state index contributed by atoms with van der Waals surface area (Å²) < 4.78 is 0. The first-order valence-electron chi connectivity index (χ1n) is 7.93. The molecule has 2 aliphatic rings. The molecule has 3 rings (SSSR count). The minimum Gasteiger partial charge on any atom is -0.395 e. The number of anilines is 1. The lowest BCUT2D eigenvalue weighted by Gasteiger charge is -2.26. The van der Waals surface area contributed by atoms with E-state index in [0.717, 1.165) is 57.1 Å². The van der Waals surface area contributed by atoms with Gasteiger partial charge in [0, 0.05) is 12.5 Å². The Kier molecular flexibility index (Phi) is 3.89. The highest BCUT2D eigenvalue weighted by Gasteiger charge is 2.32. The fourth-order valence-corrected chi connectivity index (χ4v) is 3.11. The number of nitrogens with one attached hydrogen (secondary N) is 2. The van der Waals surface area contributed by atoms with E-state index >= 15 is 0 Å². The number of carbonyl (C=O) groups excluding carboxylic acids is 1. The fraction of sp³-hybridized carbons (Fsp3) is 0.733. The van der Waals surface area contributed by atoms with Crippen molar-refractivity contribution in [3.8, 4) is 0 Å². The van der Waals surface area contributed by atoms with Crippen molar-refractivity contribution in [2.45, 2.75) is 62.9 Å². The second-order valence-corrected chi connectivity index (χ2v) is 6.50. The van der Waals surface area contributed by atoms with E-state index in [-0.39, 0.29) is 18.1 Å². The molecule has 6 heteroatoms. The van der Waals surface area contributed by atoms with Gasteiger partial charge in [0.25, 0.3) is 5.91 Å². The molecule has 2 saturated carbocycles. The highest BCUT2D eigenvalue weighted by molar-refractivity contribution is 5.97. The molecule has 2 fully saturated rings. The number of aromatic amines is 1. The lowest BCUT2D eigenvalue weighted by Crippen LogP contribution is -2.42. The lowest BCUT2D eigenvalue weighted by molar-refractivity contribution is 0.0246. The van der Waals surface area contributed by atoms with Crippen LogP contribution < -0.4 is 11.1 Å². The summed E-state index contributed by atoms with van der Waals surface area (Å²) in [4.78, 5) is 12.2. The fourth-order valence-electron chi connectivity index (χ4n) is 3.11. The van der Waals surface area contributed by atoms with E-state index < -0.39 is 5.60 Å². The number of hydrogen-bond acceptors (Lipinski definition) is 4. The van der Waals surface area contributed by atoms with E-state index in [1.807, 2.05) is 0 Å². The van der Waals surface area contributed by atoms with Crippen LogP contribution in [0.2, 0.25) is 0 Å². The first-order valence-corrected chi connectivity index (χ1v) is 7.93. The Morgan fingerprint density at radius 2 is 2.00 bits per heavy atom. The largest absolute Gasteiger partial charge is 0.395 e. The third-order valence-electron chi connectivity index (χ3n) is 4.65. The molecule has 0 atom stereocenters. The third-order valence-corrected chi connectivity index (χ3v) is 4.65. The molecule has 0 spiro atoms. The van der Waals surface area contributed by atoms with Crippen molar-refractivity contribution in [3.05, 3.63) is 11.4 Å². The topological polar surface area (TPSA) is 104 Å². The molecule has 0 unspecified atom stereocenters. The number of amides is 1. The Morgan fingerprint density at radius 3 is 2.62 bits per heavy atom. The molecule has 0 bridgehead atoms. The van der Waals surface area contributed by atoms with Gasteiger partial charge in [0.2, 0.25) is 0 Å². The number of carbonyl (C=O) groups is 1. The summed E-state index contributed by atoms with van der Waals surface area (Å²) >= 11 is 0. The third kappa shape index (κ3) is 3.20. The van der Waals surface area contributed by atoms with E-state index in [9.17, 15) is 9.90 Å². The number of nitrogens with zero attached hydrogens (tertiary/aromatic N) is 1. The van der Waals surface area contributed by atoms with Gasteiger partial charge in [-0.2, -0.15) is 5.10 Å². The zero-order valence-electron chi connectivity index (χ0n) is 12.3. The SMILES string of the molecule is Nc1c(C(=O)NCC2(O)CCCCCC2)n[nH]c1C1CC1. The molecule has 0 aromatic carbocycles. The highest BCUT2D eigenvalue weighted by atomic mass is 16.3. The van der Waals surface area contributed by atoms with Crippen LogP contribution in [0.25, 0.3) is 0 Å². The molecule has 0 radical (unpaired) electrons. The van der Waals surface area contributed by atoms with Crippen molar-refractivity contribution in [1.82, 2.24) is 15.5 Å². The van der Waals surface area contributed by atoms with E-state index in [1.165, 1.54) is 0 Å². The van der Waals surface area contributed by atoms with Gasteiger partial charge in [0.05, 0.1) is 17.0 Å². The van der Waals surface area contributed by atoms with E-state index in [0.29, 0.717) is 11.6 Å². The summed E-state index contributed by atoms with van der Waals surface area (Å²) in [6.45, 7) is 0.275. The summed E-state index contributed by atoms with van der Waals surface area (Å²) in [5.41, 5.74) is 6.82. The maximum absolute atomic E-state index is 12.2. The van der Waals surface area contributed by atoms with Crippen LogP contribution in [0.15, 0.2) is 0 Å². The van der Waals surface area contributed by atoms with Crippen LogP contribution in [0.4, 0.5) is 5.69 Å². The van der Waals surface area contributed by atoms with Crippen molar-refractivity contribution >= 4 is 11.6 Å². The standard InChI is InChI=1S/C15H24N4O2/c16-11-12(10-5-6-10)18-19-13(11)14(20)17-9-15(21)7-3-1-2-4-8-15/h10,21H,1-9,16H2,(H,17,20)(H,18,19). The normalized spacial score (nSPS) is 21.8. The van der Waals surface area contributed by atoms with Gasteiger partial charge < -0.3 is 16.2 Å². The number of aliphatic hydroxyl groups is 1. The van der Waals surface area contributed by atoms with Crippen molar-refractivity contribution in [2.24, 2.45) is 0 Å². The Hall–Kier alpha value is -1.56. The molecule has 116 valence electrons. The summed E-state index contributed by atoms with van der Waals surface area (Å²) in [7, 11) is 0. The first-order chi connectivity index (χ1) is 10.1. The van der Waals surface area contributed by atoms with E-state index in [4.69, 9.17) is 5.73 Å². The number of rotatable bonds is 4. The van der Waals surface area contributed by atoms with Crippen molar-refractivity contribution in [1.29, 1.82) is 0 Å². The second-order valence-electron chi connectivity index (χ2n) is 6.50. The predicted octanol–water partition coefficient (Wildman–Crippen LogP) is 1.68. The van der Waals surface area contributed by atoms with Gasteiger partial charge in [-0.25, -0.2) is 0 Å². The van der Waals surface area contributed by atoms with Gasteiger partial charge in [0.1, 0.15) is 0 Å². The molecule has 0 saturated heterocycles. The lowest BCUT2D eigenvalue weighted by atomic mass is 9.94. The first kappa shape index (κ1) is 14.4. The van der Waals surface area contributed by atoms with Gasteiger partial charge in [-0.3, -0.25) is 9.89 Å². The summed E-state index contributed by atoms with van der Waals surface area (Å²) in [5.74, 6) is 0.137. The number of hydrogen-bond donors (Lipinski definition) is 4. The second kappa shape index (κ2) is 5.67. The monoisotopic (exact) mass is 292 g/mol. The molecule has 2 aliphatic carbocycles. The zero-order valence-corrected chi connectivity index (χ0v) is 12.3. The Labute approximate surface area is 124 Å². The average molecular weight is 292 g/mol. The minimum absolute atomic E-state index is 0.258. The number of H-pyrrole nitrogens is 1. The highest BCUT2D eigenvalue weighted by Crippen LogP contribution is 2.42. The van der Waals surface area contributed by atoms with Crippen LogP contribution in [0.1, 0.15) is 73.5 Å². The number of aromatic nitrogens is 2. The van der Waals surface area contributed by atoms with Crippen LogP contribution >= 0.6 is 0 Å². The molecule has 0 aliphatic heterocycles. The van der Waals surface area contributed by atoms with E-state index in [1.54, 1.807) is 0 Å². The Bertz CT molecular complexity index is 514. The Balaban J connectivity index is 1.60. The minimum atomic E-state index is -0.781. The van der Waals surface area contributed by atoms with Gasteiger partial charge >= 0.3 is 0 Å².